The lowest BCUT2D eigenvalue weighted by molar-refractivity contribution is -0.0439. The molecule has 1 fully saturated rings. The Morgan fingerprint density at radius 2 is 2.00 bits per heavy atom. The lowest BCUT2D eigenvalue weighted by atomic mass is 9.78. The van der Waals surface area contributed by atoms with E-state index in [4.69, 9.17) is 9.47 Å². The Labute approximate surface area is 116 Å². The van der Waals surface area contributed by atoms with Gasteiger partial charge in [-0.3, -0.25) is 0 Å². The van der Waals surface area contributed by atoms with Crippen LogP contribution in [0.3, 0.4) is 0 Å². The molecular weight excluding hydrogens is 236 g/mol. The van der Waals surface area contributed by atoms with Crippen LogP contribution in [-0.4, -0.2) is 11.7 Å². The maximum absolute atomic E-state index is 6.36. The average Bonchev–Trinajstić information content (AvgIpc) is 2.72. The van der Waals surface area contributed by atoms with Crippen LogP contribution in [0.4, 0.5) is 0 Å². The van der Waals surface area contributed by atoms with E-state index in [0.29, 0.717) is 17.9 Å². The van der Waals surface area contributed by atoms with Crippen LogP contribution in [0.1, 0.15) is 52.2 Å². The van der Waals surface area contributed by atoms with E-state index in [1.165, 1.54) is 5.56 Å². The molecule has 0 aliphatic carbocycles. The zero-order valence-electron chi connectivity index (χ0n) is 12.3. The summed E-state index contributed by atoms with van der Waals surface area (Å²) in [5, 5.41) is 0. The Balaban J connectivity index is 1.91. The van der Waals surface area contributed by atoms with E-state index < -0.39 is 0 Å². The Morgan fingerprint density at radius 3 is 2.74 bits per heavy atom. The summed E-state index contributed by atoms with van der Waals surface area (Å²) in [5.74, 6) is 2.15. The first-order valence-electron chi connectivity index (χ1n) is 7.41. The molecule has 1 aromatic rings. The highest BCUT2D eigenvalue weighted by Crippen LogP contribution is 2.52. The summed E-state index contributed by atoms with van der Waals surface area (Å²) in [5.41, 5.74) is 1.10. The molecular formula is C17H24O2. The minimum atomic E-state index is -0.134. The molecule has 3 atom stereocenters. The van der Waals surface area contributed by atoms with Gasteiger partial charge in [0.05, 0.1) is 12.2 Å². The summed E-state index contributed by atoms with van der Waals surface area (Å²) < 4.78 is 12.6. The summed E-state index contributed by atoms with van der Waals surface area (Å²) in [6, 6.07) is 8.33. The van der Waals surface area contributed by atoms with Crippen molar-refractivity contribution < 1.29 is 9.47 Å². The van der Waals surface area contributed by atoms with E-state index in [0.717, 1.165) is 18.6 Å². The van der Waals surface area contributed by atoms with Crippen LogP contribution in [0.15, 0.2) is 24.3 Å². The second kappa shape index (κ2) is 4.52. The van der Waals surface area contributed by atoms with Crippen molar-refractivity contribution in [3.63, 3.8) is 0 Å². The van der Waals surface area contributed by atoms with Crippen molar-refractivity contribution in [2.75, 3.05) is 0 Å². The quantitative estimate of drug-likeness (QED) is 0.787. The molecule has 2 nitrogen and oxygen atoms in total. The standard InChI is InChI=1S/C17H24O2/c1-11(2)9-12-10-14-16(18-12)13-7-5-6-8-15(13)19-17(14,3)4/h5-8,11-12,14,16H,9-10H2,1-4H3/t12-,14+,16+/m0/s1. The highest BCUT2D eigenvalue weighted by Gasteiger charge is 2.49. The van der Waals surface area contributed by atoms with Gasteiger partial charge in [-0.15, -0.1) is 0 Å². The molecule has 0 radical (unpaired) electrons. The van der Waals surface area contributed by atoms with Crippen molar-refractivity contribution in [2.45, 2.75) is 58.3 Å². The number of fused-ring (bicyclic) bond motifs is 3. The minimum absolute atomic E-state index is 0.134. The minimum Gasteiger partial charge on any atom is -0.487 e. The molecule has 104 valence electrons. The first-order valence-corrected chi connectivity index (χ1v) is 7.41. The summed E-state index contributed by atoms with van der Waals surface area (Å²) in [6.07, 6.45) is 2.85. The van der Waals surface area contributed by atoms with Crippen LogP contribution in [0.5, 0.6) is 5.75 Å². The molecule has 3 rings (SSSR count). The van der Waals surface area contributed by atoms with Gasteiger partial charge in [0.15, 0.2) is 0 Å². The molecule has 0 amide bonds. The molecule has 0 unspecified atom stereocenters. The molecule has 1 saturated heterocycles. The zero-order valence-corrected chi connectivity index (χ0v) is 12.3. The van der Waals surface area contributed by atoms with Crippen molar-refractivity contribution >= 4 is 0 Å². The number of para-hydroxylation sites is 1. The lowest BCUT2D eigenvalue weighted by Crippen LogP contribution is -2.42. The van der Waals surface area contributed by atoms with Crippen molar-refractivity contribution in [1.29, 1.82) is 0 Å². The predicted octanol–water partition coefficient (Wildman–Crippen LogP) is 4.35. The first kappa shape index (κ1) is 13.0. The van der Waals surface area contributed by atoms with E-state index in [2.05, 4.69) is 45.9 Å². The van der Waals surface area contributed by atoms with Crippen molar-refractivity contribution in [3.8, 4) is 5.75 Å². The van der Waals surface area contributed by atoms with Gasteiger partial charge in [0.1, 0.15) is 11.4 Å². The van der Waals surface area contributed by atoms with Crippen LogP contribution >= 0.6 is 0 Å². The SMILES string of the molecule is CC(C)C[C@H]1C[C@@H]2[C@H](O1)c1ccccc1OC2(C)C. The number of ether oxygens (including phenoxy) is 2. The van der Waals surface area contributed by atoms with Crippen LogP contribution in [-0.2, 0) is 4.74 Å². The average molecular weight is 260 g/mol. The van der Waals surface area contributed by atoms with Gasteiger partial charge in [-0.2, -0.15) is 0 Å². The first-order chi connectivity index (χ1) is 8.97. The molecule has 2 aliphatic rings. The highest BCUT2D eigenvalue weighted by atomic mass is 16.5. The third-order valence-electron chi connectivity index (χ3n) is 4.45. The topological polar surface area (TPSA) is 18.5 Å². The molecule has 1 aromatic carbocycles. The molecule has 0 aromatic heterocycles. The Morgan fingerprint density at radius 1 is 1.26 bits per heavy atom. The Hall–Kier alpha value is -1.02. The van der Waals surface area contributed by atoms with Gasteiger partial charge in [0, 0.05) is 11.5 Å². The maximum atomic E-state index is 6.36. The fourth-order valence-corrected chi connectivity index (χ4v) is 3.55. The van der Waals surface area contributed by atoms with Gasteiger partial charge in [0.25, 0.3) is 0 Å². The van der Waals surface area contributed by atoms with E-state index in [9.17, 15) is 0 Å². The fraction of sp³-hybridized carbons (Fsp3) is 0.647. The molecule has 19 heavy (non-hydrogen) atoms. The number of hydrogen-bond acceptors (Lipinski definition) is 2. The van der Waals surface area contributed by atoms with Gasteiger partial charge < -0.3 is 9.47 Å². The maximum Gasteiger partial charge on any atom is 0.125 e. The number of hydrogen-bond donors (Lipinski definition) is 0. The third kappa shape index (κ3) is 2.27. The number of rotatable bonds is 2. The second-order valence-electron chi connectivity index (χ2n) is 6.89. The fourth-order valence-electron chi connectivity index (χ4n) is 3.55. The molecule has 0 spiro atoms. The van der Waals surface area contributed by atoms with Gasteiger partial charge in [-0.05, 0) is 38.7 Å². The molecule has 0 bridgehead atoms. The zero-order chi connectivity index (χ0) is 13.6. The third-order valence-corrected chi connectivity index (χ3v) is 4.45. The smallest absolute Gasteiger partial charge is 0.125 e. The van der Waals surface area contributed by atoms with Crippen LogP contribution < -0.4 is 4.74 Å². The largest absolute Gasteiger partial charge is 0.487 e. The van der Waals surface area contributed by atoms with Crippen molar-refractivity contribution in [1.82, 2.24) is 0 Å². The summed E-state index contributed by atoms with van der Waals surface area (Å²) in [4.78, 5) is 0. The van der Waals surface area contributed by atoms with Gasteiger partial charge in [0.2, 0.25) is 0 Å². The molecule has 0 N–H and O–H groups in total. The van der Waals surface area contributed by atoms with Crippen molar-refractivity contribution in [3.05, 3.63) is 29.8 Å². The van der Waals surface area contributed by atoms with Gasteiger partial charge in [-0.25, -0.2) is 0 Å². The molecule has 2 heterocycles. The van der Waals surface area contributed by atoms with Crippen molar-refractivity contribution in [2.24, 2.45) is 11.8 Å². The lowest BCUT2D eigenvalue weighted by Gasteiger charge is -2.40. The Kier molecular flexibility index (Phi) is 3.09. The monoisotopic (exact) mass is 260 g/mol. The molecule has 2 aliphatic heterocycles. The van der Waals surface area contributed by atoms with Crippen LogP contribution in [0, 0.1) is 11.8 Å². The van der Waals surface area contributed by atoms with Crippen LogP contribution in [0.2, 0.25) is 0 Å². The summed E-state index contributed by atoms with van der Waals surface area (Å²) in [6.45, 7) is 8.92. The predicted molar refractivity (Wildman–Crippen MR) is 76.3 cm³/mol. The second-order valence-corrected chi connectivity index (χ2v) is 6.89. The van der Waals surface area contributed by atoms with Gasteiger partial charge in [-0.1, -0.05) is 32.0 Å². The molecule has 2 heteroatoms. The molecule has 0 saturated carbocycles. The van der Waals surface area contributed by atoms with Crippen LogP contribution in [0.25, 0.3) is 0 Å². The van der Waals surface area contributed by atoms with E-state index in [-0.39, 0.29) is 11.7 Å². The summed E-state index contributed by atoms with van der Waals surface area (Å²) >= 11 is 0. The van der Waals surface area contributed by atoms with E-state index in [1.54, 1.807) is 0 Å². The Bertz CT molecular complexity index is 464. The van der Waals surface area contributed by atoms with Gasteiger partial charge >= 0.3 is 0 Å². The van der Waals surface area contributed by atoms with E-state index >= 15 is 0 Å². The van der Waals surface area contributed by atoms with E-state index in [1.807, 2.05) is 6.07 Å². The number of benzene rings is 1. The summed E-state index contributed by atoms with van der Waals surface area (Å²) in [7, 11) is 0. The highest BCUT2D eigenvalue weighted by molar-refractivity contribution is 5.39. The normalized spacial score (nSPS) is 31.7.